The predicted octanol–water partition coefficient (Wildman–Crippen LogP) is 5.56. The quantitative estimate of drug-likeness (QED) is 0.640. The fourth-order valence-electron chi connectivity index (χ4n) is 8.92. The van der Waals surface area contributed by atoms with Gasteiger partial charge in [-0.3, -0.25) is 4.79 Å². The van der Waals surface area contributed by atoms with Gasteiger partial charge in [0.1, 0.15) is 0 Å². The average Bonchev–Trinajstić information content (AvgIpc) is 3.03. The van der Waals surface area contributed by atoms with Crippen LogP contribution in [0.3, 0.4) is 0 Å². The van der Waals surface area contributed by atoms with Crippen molar-refractivity contribution < 1.29 is 9.53 Å². The molecule has 4 saturated carbocycles. The molecule has 0 heterocycles. The molecule has 4 rings (SSSR count). The summed E-state index contributed by atoms with van der Waals surface area (Å²) in [5.41, 5.74) is 7.39. The van der Waals surface area contributed by atoms with E-state index < -0.39 is 0 Å². The van der Waals surface area contributed by atoms with E-state index in [2.05, 4.69) is 20.8 Å². The molecule has 9 atom stereocenters. The molecule has 0 aromatic rings. The van der Waals surface area contributed by atoms with Crippen molar-refractivity contribution >= 4 is 5.97 Å². The maximum atomic E-state index is 11.6. The van der Waals surface area contributed by atoms with Crippen LogP contribution >= 0.6 is 0 Å². The molecule has 2 N–H and O–H groups in total. The molecule has 0 spiro atoms. The Morgan fingerprint density at radius 1 is 1.04 bits per heavy atom. The van der Waals surface area contributed by atoms with Gasteiger partial charge in [0.05, 0.1) is 7.11 Å². The second-order valence-electron chi connectivity index (χ2n) is 11.5. The Labute approximate surface area is 172 Å². The van der Waals surface area contributed by atoms with Crippen molar-refractivity contribution in [3.63, 3.8) is 0 Å². The van der Waals surface area contributed by atoms with Crippen molar-refractivity contribution in [2.75, 3.05) is 7.11 Å². The highest BCUT2D eigenvalue weighted by Gasteiger charge is 2.60. The molecule has 0 bridgehead atoms. The third-order valence-electron chi connectivity index (χ3n) is 10.5. The minimum atomic E-state index is -0.0444. The van der Waals surface area contributed by atoms with Crippen LogP contribution in [-0.2, 0) is 9.53 Å². The van der Waals surface area contributed by atoms with Crippen molar-refractivity contribution in [2.45, 2.75) is 97.4 Å². The Hall–Kier alpha value is -0.570. The first-order valence-electron chi connectivity index (χ1n) is 12.1. The lowest BCUT2D eigenvalue weighted by Gasteiger charge is -2.61. The summed E-state index contributed by atoms with van der Waals surface area (Å²) in [6.07, 6.45) is 13.9. The number of fused-ring (bicyclic) bond motifs is 5. The van der Waals surface area contributed by atoms with Crippen molar-refractivity contribution in [1.82, 2.24) is 0 Å². The first-order chi connectivity index (χ1) is 13.3. The van der Waals surface area contributed by atoms with E-state index in [0.29, 0.717) is 29.2 Å². The minimum Gasteiger partial charge on any atom is -0.469 e. The fraction of sp³-hybridized carbons (Fsp3) is 0.960. The maximum Gasteiger partial charge on any atom is 0.305 e. The van der Waals surface area contributed by atoms with E-state index in [1.807, 2.05) is 0 Å². The number of ether oxygens (including phenoxy) is 1. The van der Waals surface area contributed by atoms with Gasteiger partial charge >= 0.3 is 5.97 Å². The predicted molar refractivity (Wildman–Crippen MR) is 114 cm³/mol. The third kappa shape index (κ3) is 3.24. The van der Waals surface area contributed by atoms with Crippen LogP contribution < -0.4 is 5.73 Å². The van der Waals surface area contributed by atoms with E-state index in [4.69, 9.17) is 10.5 Å². The van der Waals surface area contributed by atoms with Crippen LogP contribution in [0.2, 0.25) is 0 Å². The maximum absolute atomic E-state index is 11.6. The summed E-state index contributed by atoms with van der Waals surface area (Å²) in [6.45, 7) is 7.65. The Bertz CT molecular complexity index is 591. The van der Waals surface area contributed by atoms with E-state index in [1.54, 1.807) is 0 Å². The lowest BCUT2D eigenvalue weighted by atomic mass is 9.44. The zero-order chi connectivity index (χ0) is 20.1. The average molecular weight is 390 g/mol. The van der Waals surface area contributed by atoms with Gasteiger partial charge in [0.25, 0.3) is 0 Å². The minimum absolute atomic E-state index is 0.0444. The molecular weight excluding hydrogens is 346 g/mol. The Balaban J connectivity index is 1.48. The lowest BCUT2D eigenvalue weighted by molar-refractivity contribution is -0.141. The molecule has 160 valence electrons. The largest absolute Gasteiger partial charge is 0.469 e. The third-order valence-corrected chi connectivity index (χ3v) is 10.5. The van der Waals surface area contributed by atoms with E-state index in [0.717, 1.165) is 36.0 Å². The highest BCUT2D eigenvalue weighted by molar-refractivity contribution is 5.69. The SMILES string of the molecule is COC(=O)CCC(C)[C@H]1CCC2C3CCC4C[C@@H](N)CC[C@]4(C)C3CC[C@@]21C. The van der Waals surface area contributed by atoms with Gasteiger partial charge in [0.15, 0.2) is 0 Å². The number of nitrogens with two attached hydrogens (primary N) is 1. The molecule has 3 heteroatoms. The molecule has 5 unspecified atom stereocenters. The van der Waals surface area contributed by atoms with Crippen LogP contribution in [0.4, 0.5) is 0 Å². The molecular formula is C25H43NO2. The van der Waals surface area contributed by atoms with Crippen LogP contribution in [0.1, 0.15) is 91.4 Å². The zero-order valence-electron chi connectivity index (χ0n) is 18.7. The molecule has 3 nitrogen and oxygen atoms in total. The van der Waals surface area contributed by atoms with Crippen molar-refractivity contribution in [3.8, 4) is 0 Å². The molecule has 0 amide bonds. The second kappa shape index (κ2) is 7.60. The molecule has 0 saturated heterocycles. The van der Waals surface area contributed by atoms with E-state index in [-0.39, 0.29) is 5.97 Å². The van der Waals surface area contributed by atoms with Crippen molar-refractivity contribution in [1.29, 1.82) is 0 Å². The van der Waals surface area contributed by atoms with Gasteiger partial charge in [-0.1, -0.05) is 20.8 Å². The molecule has 0 radical (unpaired) electrons. The van der Waals surface area contributed by atoms with Crippen molar-refractivity contribution in [3.05, 3.63) is 0 Å². The van der Waals surface area contributed by atoms with E-state index in [9.17, 15) is 4.79 Å². The lowest BCUT2D eigenvalue weighted by Crippen LogP contribution is -2.54. The number of methoxy groups -OCH3 is 1. The van der Waals surface area contributed by atoms with Gasteiger partial charge < -0.3 is 10.5 Å². The van der Waals surface area contributed by atoms with Gasteiger partial charge in [-0.2, -0.15) is 0 Å². The topological polar surface area (TPSA) is 52.3 Å². The second-order valence-corrected chi connectivity index (χ2v) is 11.5. The fourth-order valence-corrected chi connectivity index (χ4v) is 8.92. The summed E-state index contributed by atoms with van der Waals surface area (Å²) in [4.78, 5) is 11.6. The summed E-state index contributed by atoms with van der Waals surface area (Å²) in [5.74, 6) is 5.02. The number of carbonyl (C=O) groups is 1. The molecule has 0 aromatic carbocycles. The van der Waals surface area contributed by atoms with Gasteiger partial charge in [0, 0.05) is 12.5 Å². The van der Waals surface area contributed by atoms with Gasteiger partial charge in [-0.05, 0) is 111 Å². The number of rotatable bonds is 4. The highest BCUT2D eigenvalue weighted by Crippen LogP contribution is 2.68. The molecule has 0 aliphatic heterocycles. The van der Waals surface area contributed by atoms with Crippen LogP contribution in [0.25, 0.3) is 0 Å². The van der Waals surface area contributed by atoms with Gasteiger partial charge in [0.2, 0.25) is 0 Å². The van der Waals surface area contributed by atoms with Gasteiger partial charge in [-0.25, -0.2) is 0 Å². The first-order valence-corrected chi connectivity index (χ1v) is 12.1. The summed E-state index contributed by atoms with van der Waals surface area (Å²) in [6, 6.07) is 0.454. The summed E-state index contributed by atoms with van der Waals surface area (Å²) in [7, 11) is 1.51. The Kier molecular flexibility index (Phi) is 5.61. The molecule has 4 fully saturated rings. The molecule has 0 aromatic heterocycles. The van der Waals surface area contributed by atoms with E-state index in [1.165, 1.54) is 64.9 Å². The Morgan fingerprint density at radius 3 is 2.50 bits per heavy atom. The zero-order valence-corrected chi connectivity index (χ0v) is 18.7. The standard InChI is InChI=1S/C25H43NO2/c1-16(5-10-23(27)28-4)20-8-9-21-19-7-6-17-15-18(26)11-13-24(17,2)22(19)12-14-25(20,21)3/h16-22H,5-15,26H2,1-4H3/t16?,17?,18-,19?,20+,21?,22?,24-,25+/m0/s1. The van der Waals surface area contributed by atoms with Crippen LogP contribution in [-0.4, -0.2) is 19.1 Å². The number of carbonyl (C=O) groups excluding carboxylic acids is 1. The number of esters is 1. The van der Waals surface area contributed by atoms with E-state index >= 15 is 0 Å². The summed E-state index contributed by atoms with van der Waals surface area (Å²) < 4.78 is 4.89. The molecule has 4 aliphatic rings. The molecule has 4 aliphatic carbocycles. The van der Waals surface area contributed by atoms with Crippen molar-refractivity contribution in [2.24, 2.45) is 52.1 Å². The first kappa shape index (κ1) is 20.7. The van der Waals surface area contributed by atoms with Crippen LogP contribution in [0.5, 0.6) is 0 Å². The summed E-state index contributed by atoms with van der Waals surface area (Å²) >= 11 is 0. The van der Waals surface area contributed by atoms with Crippen LogP contribution in [0.15, 0.2) is 0 Å². The monoisotopic (exact) mass is 389 g/mol. The number of hydrogen-bond acceptors (Lipinski definition) is 3. The highest BCUT2D eigenvalue weighted by atomic mass is 16.5. The summed E-state index contributed by atoms with van der Waals surface area (Å²) in [5, 5.41) is 0. The Morgan fingerprint density at radius 2 is 1.75 bits per heavy atom. The number of hydrogen-bond donors (Lipinski definition) is 1. The molecule has 28 heavy (non-hydrogen) atoms. The smallest absolute Gasteiger partial charge is 0.305 e. The van der Waals surface area contributed by atoms with Gasteiger partial charge in [-0.15, -0.1) is 0 Å². The van der Waals surface area contributed by atoms with Crippen LogP contribution in [0, 0.1) is 46.3 Å². The normalized spacial score (nSPS) is 48.9.